The summed E-state index contributed by atoms with van der Waals surface area (Å²) in [6.07, 6.45) is 2.69. The highest BCUT2D eigenvalue weighted by molar-refractivity contribution is 7.90. The highest BCUT2D eigenvalue weighted by atomic mass is 32.2. The van der Waals surface area contributed by atoms with Crippen molar-refractivity contribution in [1.29, 1.82) is 0 Å². The Morgan fingerprint density at radius 3 is 2.67 bits per heavy atom. The Morgan fingerprint density at radius 2 is 2.10 bits per heavy atom. The number of nitrogens with zero attached hydrogens (tertiary/aromatic N) is 1. The largest absolute Gasteiger partial charge is 0.399 e. The van der Waals surface area contributed by atoms with Crippen LogP contribution in [0.25, 0.3) is 0 Å². The van der Waals surface area contributed by atoms with E-state index in [0.717, 1.165) is 17.5 Å². The van der Waals surface area contributed by atoms with Gasteiger partial charge in [0.2, 0.25) is 0 Å². The van der Waals surface area contributed by atoms with Crippen molar-refractivity contribution in [3.8, 4) is 0 Å². The van der Waals surface area contributed by atoms with E-state index >= 15 is 0 Å². The van der Waals surface area contributed by atoms with E-state index in [9.17, 15) is 13.2 Å². The lowest BCUT2D eigenvalue weighted by Crippen LogP contribution is -2.23. The quantitative estimate of drug-likeness (QED) is 0.716. The van der Waals surface area contributed by atoms with Crippen LogP contribution in [-0.4, -0.2) is 30.8 Å². The fourth-order valence-corrected chi connectivity index (χ4v) is 2.49. The topological polar surface area (TPSA) is 118 Å². The maximum Gasteiger partial charge on any atom is 0.251 e. The predicted octanol–water partition coefficient (Wildman–Crippen LogP) is 0.634. The zero-order valence-corrected chi connectivity index (χ0v) is 12.5. The van der Waals surface area contributed by atoms with E-state index in [1.54, 1.807) is 6.20 Å². The molecule has 2 aromatic rings. The van der Waals surface area contributed by atoms with Crippen molar-refractivity contribution in [3.05, 3.63) is 41.2 Å². The van der Waals surface area contributed by atoms with Crippen LogP contribution in [0.4, 0.5) is 5.69 Å². The molecule has 0 aliphatic rings. The molecule has 4 N–H and O–H groups in total. The lowest BCUT2D eigenvalue weighted by atomic mass is 10.2. The van der Waals surface area contributed by atoms with Gasteiger partial charge in [0.05, 0.1) is 11.1 Å². The number of carbonyl (C=O) groups excluding carboxylic acids is 1. The summed E-state index contributed by atoms with van der Waals surface area (Å²) >= 11 is 0. The number of nitrogen functional groups attached to an aromatic ring is 1. The zero-order chi connectivity index (χ0) is 15.6. The van der Waals surface area contributed by atoms with E-state index in [2.05, 4.69) is 15.5 Å². The first-order chi connectivity index (χ1) is 9.77. The van der Waals surface area contributed by atoms with Crippen LogP contribution in [-0.2, 0) is 16.4 Å². The molecule has 0 spiro atoms. The molecule has 0 aliphatic heterocycles. The molecule has 8 heteroatoms. The molecule has 0 aliphatic carbocycles. The van der Waals surface area contributed by atoms with Crippen LogP contribution in [0.2, 0.25) is 0 Å². The summed E-state index contributed by atoms with van der Waals surface area (Å²) < 4.78 is 23.1. The third-order valence-electron chi connectivity index (χ3n) is 2.99. The number of hydrogen-bond acceptors (Lipinski definition) is 5. The Hall–Kier alpha value is -2.35. The first-order valence-electron chi connectivity index (χ1n) is 6.15. The maximum atomic E-state index is 12.1. The summed E-state index contributed by atoms with van der Waals surface area (Å²) in [5.41, 5.74) is 7.80. The van der Waals surface area contributed by atoms with Gasteiger partial charge in [0, 0.05) is 35.3 Å². The number of amides is 1. The highest BCUT2D eigenvalue weighted by Crippen LogP contribution is 2.17. The van der Waals surface area contributed by atoms with E-state index in [-0.39, 0.29) is 16.1 Å². The van der Waals surface area contributed by atoms with E-state index in [0.29, 0.717) is 6.54 Å². The van der Waals surface area contributed by atoms with Gasteiger partial charge in [-0.3, -0.25) is 9.89 Å². The normalized spacial score (nSPS) is 11.3. The molecular weight excluding hydrogens is 292 g/mol. The Morgan fingerprint density at radius 1 is 1.38 bits per heavy atom. The molecule has 21 heavy (non-hydrogen) atoms. The highest BCUT2D eigenvalue weighted by Gasteiger charge is 2.13. The monoisotopic (exact) mass is 308 g/mol. The second kappa shape index (κ2) is 5.57. The van der Waals surface area contributed by atoms with Crippen molar-refractivity contribution in [1.82, 2.24) is 15.5 Å². The number of aryl methyl sites for hydroxylation is 1. The van der Waals surface area contributed by atoms with Gasteiger partial charge in [-0.05, 0) is 25.1 Å². The standard InChI is InChI=1S/C13H16N4O3S/c1-8-10(7-16-17-8)6-15-13(18)9-3-11(14)5-12(4-9)21(2,19)20/h3-5,7H,6,14H2,1-2H3,(H,15,18)(H,16,17). The summed E-state index contributed by atoms with van der Waals surface area (Å²) in [6, 6.07) is 4.07. The summed E-state index contributed by atoms with van der Waals surface area (Å²) in [5, 5.41) is 9.33. The molecule has 1 amide bonds. The average Bonchev–Trinajstić information content (AvgIpc) is 2.79. The zero-order valence-electron chi connectivity index (χ0n) is 11.7. The lowest BCUT2D eigenvalue weighted by Gasteiger charge is -2.07. The maximum absolute atomic E-state index is 12.1. The molecule has 112 valence electrons. The van der Waals surface area contributed by atoms with E-state index in [1.807, 2.05) is 6.92 Å². The van der Waals surface area contributed by atoms with Crippen LogP contribution in [0.5, 0.6) is 0 Å². The number of sulfone groups is 1. The number of nitrogens with one attached hydrogen (secondary N) is 2. The van der Waals surface area contributed by atoms with Crippen molar-refractivity contribution in [3.63, 3.8) is 0 Å². The molecule has 1 aromatic heterocycles. The molecule has 1 aromatic carbocycles. The molecular formula is C13H16N4O3S. The Kier molecular flexibility index (Phi) is 3.99. The Labute approximate surface area is 122 Å². The van der Waals surface area contributed by atoms with Gasteiger partial charge in [-0.25, -0.2) is 8.42 Å². The van der Waals surface area contributed by atoms with Crippen molar-refractivity contribution in [2.45, 2.75) is 18.4 Å². The van der Waals surface area contributed by atoms with Crippen LogP contribution >= 0.6 is 0 Å². The predicted molar refractivity (Wildman–Crippen MR) is 78.5 cm³/mol. The minimum absolute atomic E-state index is 0.0205. The molecule has 1 heterocycles. The van der Waals surface area contributed by atoms with Crippen LogP contribution in [0.3, 0.4) is 0 Å². The van der Waals surface area contributed by atoms with Gasteiger partial charge in [0.15, 0.2) is 9.84 Å². The number of aromatic amines is 1. The van der Waals surface area contributed by atoms with Gasteiger partial charge in [-0.1, -0.05) is 0 Å². The van der Waals surface area contributed by atoms with Gasteiger partial charge in [0.25, 0.3) is 5.91 Å². The van der Waals surface area contributed by atoms with Gasteiger partial charge in [0.1, 0.15) is 0 Å². The molecule has 7 nitrogen and oxygen atoms in total. The molecule has 0 unspecified atom stereocenters. The van der Waals surface area contributed by atoms with Gasteiger partial charge < -0.3 is 11.1 Å². The fraction of sp³-hybridized carbons (Fsp3) is 0.231. The van der Waals surface area contributed by atoms with E-state index < -0.39 is 15.7 Å². The number of benzene rings is 1. The smallest absolute Gasteiger partial charge is 0.251 e. The average molecular weight is 308 g/mol. The minimum atomic E-state index is -3.42. The Balaban J connectivity index is 2.20. The second-order valence-electron chi connectivity index (χ2n) is 4.77. The summed E-state index contributed by atoms with van der Waals surface area (Å²) in [6.45, 7) is 2.14. The summed E-state index contributed by atoms with van der Waals surface area (Å²) in [7, 11) is -3.42. The van der Waals surface area contributed by atoms with Crippen molar-refractivity contribution in [2.75, 3.05) is 12.0 Å². The van der Waals surface area contributed by atoms with Crippen LogP contribution in [0, 0.1) is 6.92 Å². The van der Waals surface area contributed by atoms with Gasteiger partial charge >= 0.3 is 0 Å². The molecule has 0 saturated carbocycles. The minimum Gasteiger partial charge on any atom is -0.399 e. The van der Waals surface area contributed by atoms with Crippen LogP contribution < -0.4 is 11.1 Å². The van der Waals surface area contributed by atoms with E-state index in [4.69, 9.17) is 5.73 Å². The molecule has 0 saturated heterocycles. The van der Waals surface area contributed by atoms with Gasteiger partial charge in [-0.15, -0.1) is 0 Å². The third kappa shape index (κ3) is 3.60. The number of aromatic nitrogens is 2. The number of hydrogen-bond donors (Lipinski definition) is 3. The number of carbonyl (C=O) groups is 1. The molecule has 0 radical (unpaired) electrons. The number of rotatable bonds is 4. The SMILES string of the molecule is Cc1[nH]ncc1CNC(=O)c1cc(N)cc(S(C)(=O)=O)c1. The van der Waals surface area contributed by atoms with Crippen molar-refractivity contribution in [2.24, 2.45) is 0 Å². The third-order valence-corrected chi connectivity index (χ3v) is 4.08. The summed E-state index contributed by atoms with van der Waals surface area (Å²) in [4.78, 5) is 12.1. The van der Waals surface area contributed by atoms with Gasteiger partial charge in [-0.2, -0.15) is 5.10 Å². The molecule has 0 bridgehead atoms. The van der Waals surface area contributed by atoms with Crippen LogP contribution in [0.15, 0.2) is 29.3 Å². The summed E-state index contributed by atoms with van der Waals surface area (Å²) in [5.74, 6) is -0.396. The van der Waals surface area contributed by atoms with E-state index in [1.165, 1.54) is 18.2 Å². The van der Waals surface area contributed by atoms with Crippen molar-refractivity contribution < 1.29 is 13.2 Å². The number of H-pyrrole nitrogens is 1. The van der Waals surface area contributed by atoms with Crippen molar-refractivity contribution >= 4 is 21.4 Å². The molecule has 0 fully saturated rings. The number of anilines is 1. The first kappa shape index (κ1) is 15.0. The first-order valence-corrected chi connectivity index (χ1v) is 8.04. The molecule has 0 atom stereocenters. The van der Waals surface area contributed by atoms with Crippen LogP contribution in [0.1, 0.15) is 21.6 Å². The fourth-order valence-electron chi connectivity index (χ4n) is 1.80. The lowest BCUT2D eigenvalue weighted by molar-refractivity contribution is 0.0950. The molecule has 2 rings (SSSR count). The number of nitrogens with two attached hydrogens (primary N) is 1. The Bertz CT molecular complexity index is 780. The second-order valence-corrected chi connectivity index (χ2v) is 6.78.